The molecule has 0 aliphatic heterocycles. The molecule has 0 heterocycles. The van der Waals surface area contributed by atoms with Crippen molar-refractivity contribution in [1.82, 2.24) is 0 Å². The van der Waals surface area contributed by atoms with Gasteiger partial charge in [0.1, 0.15) is 0 Å². The average Bonchev–Trinajstić information content (AvgIpc) is 2.46. The fourth-order valence-electron chi connectivity index (χ4n) is 1.95. The van der Waals surface area contributed by atoms with E-state index in [9.17, 15) is 4.57 Å². The Morgan fingerprint density at radius 2 is 1.20 bits per heavy atom. The van der Waals surface area contributed by atoms with E-state index in [4.69, 9.17) is 0 Å². The van der Waals surface area contributed by atoms with E-state index in [1.54, 1.807) is 0 Å². The Hall–Kier alpha value is -1.59. The molecule has 2 heteroatoms. The van der Waals surface area contributed by atoms with Gasteiger partial charge in [-0.05, 0) is 11.2 Å². The van der Waals surface area contributed by atoms with E-state index in [-0.39, 0.29) is 5.41 Å². The summed E-state index contributed by atoms with van der Waals surface area (Å²) in [6.45, 7) is 6.34. The predicted molar refractivity (Wildman–Crippen MR) is 88.4 cm³/mol. The number of benzene rings is 2. The Kier molecular flexibility index (Phi) is 4.30. The summed E-state index contributed by atoms with van der Waals surface area (Å²) in [6.07, 6.45) is 2.05. The number of allylic oxidation sites excluding steroid dienone is 1. The zero-order valence-electron chi connectivity index (χ0n) is 12.3. The summed E-state index contributed by atoms with van der Waals surface area (Å²) in [7, 11) is -2.70. The maximum absolute atomic E-state index is 13.6. The van der Waals surface area contributed by atoms with Crippen molar-refractivity contribution in [3.8, 4) is 0 Å². The first-order valence-corrected chi connectivity index (χ1v) is 8.61. The Bertz CT molecular complexity index is 578. The lowest BCUT2D eigenvalue weighted by atomic mass is 9.98. The van der Waals surface area contributed by atoms with Gasteiger partial charge in [-0.3, -0.25) is 0 Å². The molecule has 1 nitrogen and oxygen atoms in total. The van der Waals surface area contributed by atoms with E-state index in [0.717, 1.165) is 10.6 Å². The lowest BCUT2D eigenvalue weighted by Crippen LogP contribution is -2.14. The highest BCUT2D eigenvalue weighted by Gasteiger charge is 2.24. The third kappa shape index (κ3) is 3.49. The topological polar surface area (TPSA) is 17.1 Å². The lowest BCUT2D eigenvalue weighted by Gasteiger charge is -2.18. The largest absolute Gasteiger partial charge is 0.309 e. The van der Waals surface area contributed by atoms with Gasteiger partial charge < -0.3 is 4.57 Å². The summed E-state index contributed by atoms with van der Waals surface area (Å²) < 4.78 is 13.6. The zero-order valence-corrected chi connectivity index (χ0v) is 13.2. The minimum absolute atomic E-state index is 0.0131. The molecule has 0 fully saturated rings. The van der Waals surface area contributed by atoms with Gasteiger partial charge in [-0.25, -0.2) is 0 Å². The highest BCUT2D eigenvalue weighted by atomic mass is 31.2. The Morgan fingerprint density at radius 3 is 1.55 bits per heavy atom. The maximum Gasteiger partial charge on any atom is 0.163 e. The predicted octanol–water partition coefficient (Wildman–Crippen LogP) is 4.56. The van der Waals surface area contributed by atoms with Crippen LogP contribution in [0.1, 0.15) is 20.8 Å². The number of rotatable bonds is 3. The summed E-state index contributed by atoms with van der Waals surface area (Å²) in [5.41, 5.74) is 0.0131. The van der Waals surface area contributed by atoms with Crippen LogP contribution >= 0.6 is 7.14 Å². The van der Waals surface area contributed by atoms with Crippen molar-refractivity contribution in [3.05, 3.63) is 72.6 Å². The molecule has 0 aliphatic carbocycles. The fraction of sp³-hybridized carbons (Fsp3) is 0.222. The molecule has 0 aromatic heterocycles. The molecule has 2 rings (SSSR count). The van der Waals surface area contributed by atoms with Crippen LogP contribution in [0.2, 0.25) is 0 Å². The van der Waals surface area contributed by atoms with Crippen molar-refractivity contribution < 1.29 is 4.57 Å². The standard InChI is InChI=1S/C18H21OP/c1-18(2,3)14-15-20(19,16-10-6-4-7-11-16)17-12-8-5-9-13-17/h4-15H,1-3H3/b15-14-. The van der Waals surface area contributed by atoms with Gasteiger partial charge in [0.05, 0.1) is 0 Å². The van der Waals surface area contributed by atoms with Crippen LogP contribution < -0.4 is 10.6 Å². The van der Waals surface area contributed by atoms with Crippen LogP contribution in [-0.2, 0) is 4.57 Å². The molecule has 0 radical (unpaired) electrons. The van der Waals surface area contributed by atoms with Crippen molar-refractivity contribution in [2.24, 2.45) is 5.41 Å². The van der Waals surface area contributed by atoms with Crippen LogP contribution in [0.4, 0.5) is 0 Å². The number of hydrogen-bond acceptors (Lipinski definition) is 1. The van der Waals surface area contributed by atoms with Gasteiger partial charge in [-0.15, -0.1) is 0 Å². The van der Waals surface area contributed by atoms with Crippen molar-refractivity contribution in [2.45, 2.75) is 20.8 Å². The average molecular weight is 284 g/mol. The quantitative estimate of drug-likeness (QED) is 0.755. The van der Waals surface area contributed by atoms with Crippen molar-refractivity contribution in [3.63, 3.8) is 0 Å². The molecule has 2 aromatic rings. The second kappa shape index (κ2) is 5.81. The van der Waals surface area contributed by atoms with Crippen LogP contribution in [0.3, 0.4) is 0 Å². The van der Waals surface area contributed by atoms with E-state index in [2.05, 4.69) is 20.8 Å². The molecule has 0 amide bonds. The molecule has 2 aromatic carbocycles. The molecule has 0 unspecified atom stereocenters. The van der Waals surface area contributed by atoms with Crippen LogP contribution in [0.25, 0.3) is 0 Å². The Balaban J connectivity index is 2.56. The van der Waals surface area contributed by atoms with Crippen LogP contribution in [0.5, 0.6) is 0 Å². The van der Waals surface area contributed by atoms with Gasteiger partial charge in [0.2, 0.25) is 0 Å². The van der Waals surface area contributed by atoms with Crippen LogP contribution in [-0.4, -0.2) is 0 Å². The minimum atomic E-state index is -2.70. The normalized spacial score (nSPS) is 12.8. The molecule has 104 valence electrons. The maximum atomic E-state index is 13.6. The van der Waals surface area contributed by atoms with E-state index in [1.165, 1.54) is 0 Å². The zero-order chi connectivity index (χ0) is 14.6. The summed E-state index contributed by atoms with van der Waals surface area (Å²) >= 11 is 0. The summed E-state index contributed by atoms with van der Waals surface area (Å²) in [4.78, 5) is 0. The van der Waals surface area contributed by atoms with E-state index < -0.39 is 7.14 Å². The van der Waals surface area contributed by atoms with Gasteiger partial charge >= 0.3 is 0 Å². The fourth-order valence-corrected chi connectivity index (χ4v) is 4.48. The van der Waals surface area contributed by atoms with E-state index >= 15 is 0 Å². The van der Waals surface area contributed by atoms with Gasteiger partial charge in [-0.1, -0.05) is 87.5 Å². The van der Waals surface area contributed by atoms with Crippen LogP contribution in [0.15, 0.2) is 72.6 Å². The number of hydrogen-bond donors (Lipinski definition) is 0. The second-order valence-electron chi connectivity index (χ2n) is 6.01. The lowest BCUT2D eigenvalue weighted by molar-refractivity contribution is 0.543. The molecule has 0 saturated heterocycles. The third-order valence-corrected chi connectivity index (χ3v) is 5.76. The SMILES string of the molecule is CC(C)(C)/C=C\P(=O)(c1ccccc1)c1ccccc1. The Morgan fingerprint density at radius 1 is 0.800 bits per heavy atom. The van der Waals surface area contributed by atoms with Gasteiger partial charge in [0.25, 0.3) is 0 Å². The van der Waals surface area contributed by atoms with E-state index in [1.807, 2.05) is 72.6 Å². The smallest absolute Gasteiger partial charge is 0.163 e. The Labute approximate surface area is 121 Å². The molecule has 0 aliphatic rings. The first-order chi connectivity index (χ1) is 9.42. The monoisotopic (exact) mass is 284 g/mol. The van der Waals surface area contributed by atoms with Crippen molar-refractivity contribution >= 4 is 17.8 Å². The highest BCUT2D eigenvalue weighted by molar-refractivity contribution is 7.81. The first kappa shape index (κ1) is 14.8. The van der Waals surface area contributed by atoms with E-state index in [0.29, 0.717) is 0 Å². The molecule has 0 N–H and O–H groups in total. The molecule has 0 bridgehead atoms. The molecule has 20 heavy (non-hydrogen) atoms. The summed E-state index contributed by atoms with van der Waals surface area (Å²) in [6, 6.07) is 19.4. The minimum Gasteiger partial charge on any atom is -0.309 e. The molecule has 0 spiro atoms. The third-order valence-electron chi connectivity index (χ3n) is 3.06. The first-order valence-electron chi connectivity index (χ1n) is 6.83. The summed E-state index contributed by atoms with van der Waals surface area (Å²) in [5, 5.41) is 1.76. The van der Waals surface area contributed by atoms with Gasteiger partial charge in [0, 0.05) is 10.6 Å². The van der Waals surface area contributed by atoms with Crippen LogP contribution in [0, 0.1) is 5.41 Å². The van der Waals surface area contributed by atoms with Crippen molar-refractivity contribution in [1.29, 1.82) is 0 Å². The molecule has 0 saturated carbocycles. The van der Waals surface area contributed by atoms with Crippen molar-refractivity contribution in [2.75, 3.05) is 0 Å². The van der Waals surface area contributed by atoms with Gasteiger partial charge in [0.15, 0.2) is 7.14 Å². The molecular weight excluding hydrogens is 263 g/mol. The second-order valence-corrected chi connectivity index (χ2v) is 8.66. The molecule has 0 atom stereocenters. The highest BCUT2D eigenvalue weighted by Crippen LogP contribution is 2.45. The molecular formula is C18H21OP. The summed E-state index contributed by atoms with van der Waals surface area (Å²) in [5.74, 6) is 1.90. The van der Waals surface area contributed by atoms with Gasteiger partial charge in [-0.2, -0.15) is 0 Å².